The van der Waals surface area contributed by atoms with Gasteiger partial charge in [0.1, 0.15) is 12.6 Å². The molecular formula is C15H21ClF2N2O4. The topological polar surface area (TPSA) is 63.2 Å². The third-order valence-electron chi connectivity index (χ3n) is 4.12. The Morgan fingerprint density at radius 3 is 2.67 bits per heavy atom. The lowest BCUT2D eigenvalue weighted by molar-refractivity contribution is -0.118. The molecule has 1 saturated heterocycles. The summed E-state index contributed by atoms with van der Waals surface area (Å²) in [4.78, 5) is 1.67. The zero-order chi connectivity index (χ0) is 16.4. The van der Waals surface area contributed by atoms with Crippen LogP contribution in [0.15, 0.2) is 12.1 Å². The van der Waals surface area contributed by atoms with Crippen molar-refractivity contribution in [1.82, 2.24) is 10.2 Å². The average molecular weight is 367 g/mol. The van der Waals surface area contributed by atoms with E-state index in [1.54, 1.807) is 11.0 Å². The number of hydrogen-bond donors (Lipinski definition) is 2. The summed E-state index contributed by atoms with van der Waals surface area (Å²) in [5.41, 5.74) is 0.340. The highest BCUT2D eigenvalue weighted by atomic mass is 35.5. The van der Waals surface area contributed by atoms with E-state index < -0.39 is 18.6 Å². The van der Waals surface area contributed by atoms with Crippen molar-refractivity contribution in [2.75, 3.05) is 46.7 Å². The lowest BCUT2D eigenvalue weighted by Gasteiger charge is -2.38. The van der Waals surface area contributed by atoms with Gasteiger partial charge in [-0.05, 0) is 17.7 Å². The molecule has 6 nitrogen and oxygen atoms in total. The summed E-state index contributed by atoms with van der Waals surface area (Å²) < 4.78 is 44.8. The molecule has 0 bridgehead atoms. The van der Waals surface area contributed by atoms with E-state index in [4.69, 9.17) is 14.2 Å². The maximum absolute atomic E-state index is 14.5. The van der Waals surface area contributed by atoms with E-state index in [0.717, 1.165) is 0 Å². The lowest BCUT2D eigenvalue weighted by Crippen LogP contribution is -2.51. The molecule has 0 amide bonds. The molecule has 2 N–H and O–H groups in total. The van der Waals surface area contributed by atoms with Crippen LogP contribution in [0.5, 0.6) is 17.2 Å². The molecule has 1 fully saturated rings. The number of nitrogens with one attached hydrogen (secondary N) is 1. The molecule has 0 unspecified atom stereocenters. The molecular weight excluding hydrogens is 346 g/mol. The maximum Gasteiger partial charge on any atom is 0.289 e. The molecule has 2 aliphatic heterocycles. The quantitative estimate of drug-likeness (QED) is 0.822. The van der Waals surface area contributed by atoms with Gasteiger partial charge >= 0.3 is 0 Å². The molecule has 24 heavy (non-hydrogen) atoms. The maximum atomic E-state index is 14.5. The van der Waals surface area contributed by atoms with Crippen LogP contribution in [0, 0.1) is 0 Å². The van der Waals surface area contributed by atoms with Crippen LogP contribution in [0.4, 0.5) is 8.78 Å². The first-order valence-electron chi connectivity index (χ1n) is 7.48. The van der Waals surface area contributed by atoms with Gasteiger partial charge in [-0.3, -0.25) is 4.90 Å². The van der Waals surface area contributed by atoms with Crippen LogP contribution in [0.25, 0.3) is 0 Å². The van der Waals surface area contributed by atoms with E-state index in [0.29, 0.717) is 49.0 Å². The predicted molar refractivity (Wildman–Crippen MR) is 85.6 cm³/mol. The Balaban J connectivity index is 0.00000208. The number of rotatable bonds is 5. The second kappa shape index (κ2) is 7.69. The highest BCUT2D eigenvalue weighted by Gasteiger charge is 2.45. The molecule has 0 aromatic heterocycles. The minimum atomic E-state index is -3.28. The monoisotopic (exact) mass is 366 g/mol. The van der Waals surface area contributed by atoms with Gasteiger partial charge in [-0.1, -0.05) is 0 Å². The zero-order valence-corrected chi connectivity index (χ0v) is 14.1. The van der Waals surface area contributed by atoms with Crippen molar-refractivity contribution in [2.45, 2.75) is 12.0 Å². The highest BCUT2D eigenvalue weighted by molar-refractivity contribution is 5.85. The first kappa shape index (κ1) is 19.0. The smallest absolute Gasteiger partial charge is 0.289 e. The predicted octanol–water partition coefficient (Wildman–Crippen LogP) is 1.42. The minimum Gasteiger partial charge on any atom is -0.493 e. The van der Waals surface area contributed by atoms with Crippen LogP contribution >= 0.6 is 12.4 Å². The largest absolute Gasteiger partial charge is 0.493 e. The van der Waals surface area contributed by atoms with Crippen LogP contribution in [0.3, 0.4) is 0 Å². The molecule has 9 heteroatoms. The van der Waals surface area contributed by atoms with Crippen molar-refractivity contribution >= 4 is 12.4 Å². The third kappa shape index (κ3) is 3.51. The van der Waals surface area contributed by atoms with Gasteiger partial charge in [0.05, 0.1) is 7.11 Å². The second-order valence-corrected chi connectivity index (χ2v) is 5.56. The Labute approximate surface area is 145 Å². The van der Waals surface area contributed by atoms with Crippen molar-refractivity contribution in [3.63, 3.8) is 0 Å². The standard InChI is InChI=1S/C15H20F2N2O4.ClH/c1-21-11-6-10(7-12-13(11)23-9-22-12)14(15(16,17)8-20)19-4-2-18-3-5-19;/h6-7,14,18,20H,2-5,8-9H2,1H3;1H/t14-;/m1./s1. The first-order valence-corrected chi connectivity index (χ1v) is 7.48. The van der Waals surface area contributed by atoms with E-state index in [-0.39, 0.29) is 19.2 Å². The number of aliphatic hydroxyl groups excluding tert-OH is 1. The Bertz CT molecular complexity index is 571. The first-order chi connectivity index (χ1) is 11.1. The molecule has 136 valence electrons. The Morgan fingerprint density at radius 2 is 2.04 bits per heavy atom. The Kier molecular flexibility index (Phi) is 6.08. The van der Waals surface area contributed by atoms with Gasteiger partial charge in [-0.15, -0.1) is 12.4 Å². The molecule has 0 spiro atoms. The van der Waals surface area contributed by atoms with Gasteiger partial charge in [-0.25, -0.2) is 8.78 Å². The number of halogens is 3. The van der Waals surface area contributed by atoms with Crippen molar-refractivity contribution in [1.29, 1.82) is 0 Å². The van der Waals surface area contributed by atoms with E-state index in [9.17, 15) is 13.9 Å². The van der Waals surface area contributed by atoms with E-state index >= 15 is 0 Å². The fraction of sp³-hybridized carbons (Fsp3) is 0.600. The van der Waals surface area contributed by atoms with Crippen molar-refractivity contribution in [3.8, 4) is 17.2 Å². The number of methoxy groups -OCH3 is 1. The van der Waals surface area contributed by atoms with Crippen LogP contribution in [0.2, 0.25) is 0 Å². The summed E-state index contributed by atoms with van der Waals surface area (Å²) >= 11 is 0. The van der Waals surface area contributed by atoms with Crippen LogP contribution in [0.1, 0.15) is 11.6 Å². The number of alkyl halides is 2. The van der Waals surface area contributed by atoms with Crippen LogP contribution in [-0.2, 0) is 0 Å². The van der Waals surface area contributed by atoms with Crippen LogP contribution < -0.4 is 19.5 Å². The zero-order valence-electron chi connectivity index (χ0n) is 13.3. The van der Waals surface area contributed by atoms with Gasteiger partial charge in [0.25, 0.3) is 5.92 Å². The summed E-state index contributed by atoms with van der Waals surface area (Å²) in [5, 5.41) is 12.3. The summed E-state index contributed by atoms with van der Waals surface area (Å²) in [7, 11) is 1.45. The van der Waals surface area contributed by atoms with Gasteiger partial charge in [0.2, 0.25) is 12.5 Å². The van der Waals surface area contributed by atoms with Crippen molar-refractivity contribution < 1.29 is 28.1 Å². The normalized spacial score (nSPS) is 18.8. The highest BCUT2D eigenvalue weighted by Crippen LogP contribution is 2.46. The fourth-order valence-electron chi connectivity index (χ4n) is 3.06. The molecule has 3 rings (SSSR count). The molecule has 1 aromatic rings. The van der Waals surface area contributed by atoms with E-state index in [1.165, 1.54) is 13.2 Å². The Morgan fingerprint density at radius 1 is 1.33 bits per heavy atom. The minimum absolute atomic E-state index is 0. The molecule has 0 saturated carbocycles. The summed E-state index contributed by atoms with van der Waals surface area (Å²) in [5.74, 6) is -2.13. The second-order valence-electron chi connectivity index (χ2n) is 5.56. The lowest BCUT2D eigenvalue weighted by atomic mass is 9.97. The number of fused-ring (bicyclic) bond motifs is 1. The average Bonchev–Trinajstić information content (AvgIpc) is 3.03. The van der Waals surface area contributed by atoms with Gasteiger partial charge in [0.15, 0.2) is 11.5 Å². The SMILES string of the molecule is COc1cc([C@@H](N2CCNCC2)C(F)(F)CO)cc2c1OCO2.Cl. The van der Waals surface area contributed by atoms with Crippen LogP contribution in [-0.4, -0.2) is 62.6 Å². The summed E-state index contributed by atoms with van der Waals surface area (Å²) in [6.45, 7) is 0.996. The summed E-state index contributed by atoms with van der Waals surface area (Å²) in [6, 6.07) is 1.82. The van der Waals surface area contributed by atoms with Crippen molar-refractivity contribution in [2.24, 2.45) is 0 Å². The molecule has 0 aliphatic carbocycles. The van der Waals surface area contributed by atoms with E-state index in [2.05, 4.69) is 5.32 Å². The molecule has 1 aromatic carbocycles. The molecule has 1 atom stereocenters. The molecule has 0 radical (unpaired) electrons. The summed E-state index contributed by atoms with van der Waals surface area (Å²) in [6.07, 6.45) is 0. The number of nitrogens with zero attached hydrogens (tertiary/aromatic N) is 1. The number of piperazine rings is 1. The van der Waals surface area contributed by atoms with E-state index in [1.807, 2.05) is 0 Å². The van der Waals surface area contributed by atoms with Gasteiger partial charge in [0, 0.05) is 26.2 Å². The van der Waals surface area contributed by atoms with Gasteiger partial charge < -0.3 is 24.6 Å². The number of aliphatic hydroxyl groups is 1. The van der Waals surface area contributed by atoms with Crippen molar-refractivity contribution in [3.05, 3.63) is 17.7 Å². The fourth-order valence-corrected chi connectivity index (χ4v) is 3.06. The number of hydrogen-bond acceptors (Lipinski definition) is 6. The molecule has 2 heterocycles. The third-order valence-corrected chi connectivity index (χ3v) is 4.12. The number of ether oxygens (including phenoxy) is 3. The molecule has 2 aliphatic rings. The van der Waals surface area contributed by atoms with Gasteiger partial charge in [-0.2, -0.15) is 0 Å². The number of benzene rings is 1. The Hall–Kier alpha value is -1.35.